The van der Waals surface area contributed by atoms with E-state index in [1.807, 2.05) is 45.2 Å². The van der Waals surface area contributed by atoms with Crippen molar-refractivity contribution in [2.24, 2.45) is 5.73 Å². The molecule has 0 aliphatic carbocycles. The molecule has 0 fully saturated rings. The van der Waals surface area contributed by atoms with Crippen LogP contribution in [0.2, 0.25) is 0 Å². The molecule has 0 aliphatic heterocycles. The molecule has 0 aromatic heterocycles. The lowest BCUT2D eigenvalue weighted by molar-refractivity contribution is 1.22. The van der Waals surface area contributed by atoms with E-state index in [0.717, 1.165) is 0 Å². The number of nitrogens with two attached hydrogens (primary N) is 1. The molecule has 0 bridgehead atoms. The normalized spacial score (nSPS) is 10.3. The molecule has 0 aromatic rings. The number of alkyl halides is 2. The largest absolute Gasteiger partial charge is 0.299 e. The molecule has 6 heavy (non-hydrogen) atoms. The lowest BCUT2D eigenvalue weighted by atomic mass is 10.7. The van der Waals surface area contributed by atoms with Crippen LogP contribution in [0.25, 0.3) is 0 Å². The van der Waals surface area contributed by atoms with Crippen LogP contribution in [0.1, 0.15) is 0 Å². The zero-order valence-corrected chi connectivity index (χ0v) is 7.23. The molecule has 0 saturated carbocycles. The maximum Gasteiger partial charge on any atom is 0.181 e. The Kier molecular flexibility index (Phi) is 2.71. The van der Waals surface area contributed by atoms with E-state index in [9.17, 15) is 0 Å². The number of hydrogen-bond donors (Lipinski definition) is 1. The highest BCUT2D eigenvalue weighted by Gasteiger charge is 2.07. The van der Waals surface area contributed by atoms with Gasteiger partial charge in [0.2, 0.25) is 0 Å². The van der Waals surface area contributed by atoms with Gasteiger partial charge in [-0.05, 0) is 45.2 Å². The smallest absolute Gasteiger partial charge is 0.181 e. The Labute approximate surface area is 64.3 Å². The van der Waals surface area contributed by atoms with Gasteiger partial charge in [0, 0.05) is 0 Å². The molecule has 0 amide bonds. The van der Waals surface area contributed by atoms with E-state index < -0.39 is 1.55 Å². The van der Waals surface area contributed by atoms with Crippen molar-refractivity contribution in [1.29, 1.82) is 0 Å². The van der Waals surface area contributed by atoms with E-state index in [2.05, 4.69) is 5.92 Å². The van der Waals surface area contributed by atoms with E-state index in [0.29, 0.717) is 0 Å². The van der Waals surface area contributed by atoms with E-state index in [4.69, 9.17) is 12.2 Å². The molecule has 0 heterocycles. The van der Waals surface area contributed by atoms with Gasteiger partial charge in [-0.3, -0.25) is 5.73 Å². The fourth-order valence-corrected chi connectivity index (χ4v) is 0. The van der Waals surface area contributed by atoms with Gasteiger partial charge in [0.05, 0.1) is 0 Å². The lowest BCUT2D eigenvalue weighted by Crippen LogP contribution is -2.19. The average molecular weight is 307 g/mol. The van der Waals surface area contributed by atoms with Crippen molar-refractivity contribution in [1.82, 2.24) is 0 Å². The van der Waals surface area contributed by atoms with Crippen molar-refractivity contribution >= 4 is 45.2 Å². The Morgan fingerprint density at radius 3 is 1.83 bits per heavy atom. The minimum Gasteiger partial charge on any atom is -0.299 e. The van der Waals surface area contributed by atoms with Crippen LogP contribution in [0.15, 0.2) is 0 Å². The van der Waals surface area contributed by atoms with Gasteiger partial charge >= 0.3 is 0 Å². The third-order valence-corrected chi connectivity index (χ3v) is 0.815. The summed E-state index contributed by atoms with van der Waals surface area (Å²) in [4.78, 5) is 0. The van der Waals surface area contributed by atoms with Gasteiger partial charge in [-0.2, -0.15) is 0 Å². The van der Waals surface area contributed by atoms with Crippen LogP contribution in [0.4, 0.5) is 0 Å². The molecule has 0 atom stereocenters. The van der Waals surface area contributed by atoms with Crippen molar-refractivity contribution in [3.05, 3.63) is 0 Å². The molecule has 1 nitrogen and oxygen atoms in total. The van der Waals surface area contributed by atoms with Crippen LogP contribution >= 0.6 is 45.2 Å². The van der Waals surface area contributed by atoms with Crippen LogP contribution in [-0.4, -0.2) is 1.55 Å². The third-order valence-electron chi connectivity index (χ3n) is 0.192. The lowest BCUT2D eigenvalue weighted by Gasteiger charge is -2.00. The summed E-state index contributed by atoms with van der Waals surface area (Å²) in [5, 5.41) is 0. The fraction of sp³-hybridized carbons (Fsp3) is 0.333. The van der Waals surface area contributed by atoms with Crippen molar-refractivity contribution in [2.45, 2.75) is 1.55 Å². The zero-order chi connectivity index (χ0) is 5.21. The van der Waals surface area contributed by atoms with Gasteiger partial charge in [-0.25, -0.2) is 0 Å². The van der Waals surface area contributed by atoms with Crippen LogP contribution < -0.4 is 5.73 Å². The topological polar surface area (TPSA) is 26.0 Å². The van der Waals surface area contributed by atoms with Crippen molar-refractivity contribution < 1.29 is 0 Å². The molecular formula is C3H3I2N. The first kappa shape index (κ1) is 6.98. The van der Waals surface area contributed by atoms with Gasteiger partial charge < -0.3 is 0 Å². The highest BCUT2D eigenvalue weighted by Crippen LogP contribution is 2.17. The summed E-state index contributed by atoms with van der Waals surface area (Å²) >= 11 is 3.94. The Balaban J connectivity index is 3.55. The molecule has 34 valence electrons. The van der Waals surface area contributed by atoms with E-state index in [1.54, 1.807) is 0 Å². The summed E-state index contributed by atoms with van der Waals surface area (Å²) in [6.45, 7) is 0. The quantitative estimate of drug-likeness (QED) is 0.308. The summed E-state index contributed by atoms with van der Waals surface area (Å²) in [6, 6.07) is 0. The molecule has 3 heteroatoms. The predicted molar refractivity (Wildman–Crippen MR) is 43.8 cm³/mol. The molecule has 0 rings (SSSR count). The second-order valence-electron chi connectivity index (χ2n) is 0.767. The average Bonchev–Trinajstić information content (AvgIpc) is 1.35. The summed E-state index contributed by atoms with van der Waals surface area (Å²) in [7, 11) is 0. The van der Waals surface area contributed by atoms with E-state index >= 15 is 0 Å². The highest BCUT2D eigenvalue weighted by atomic mass is 127. The summed E-state index contributed by atoms with van der Waals surface area (Å²) in [5.74, 6) is 2.36. The maximum absolute atomic E-state index is 5.27. The summed E-state index contributed by atoms with van der Waals surface area (Å²) in [6.07, 6.45) is 4.92. The first-order valence-corrected chi connectivity index (χ1v) is 3.36. The monoisotopic (exact) mass is 307 g/mol. The minimum atomic E-state index is -0.491. The second kappa shape index (κ2) is 2.33. The third kappa shape index (κ3) is 4.98. The molecule has 0 aliphatic rings. The summed E-state index contributed by atoms with van der Waals surface area (Å²) in [5.41, 5.74) is 5.27. The van der Waals surface area contributed by atoms with Crippen LogP contribution in [0.3, 0.4) is 0 Å². The van der Waals surface area contributed by atoms with Gasteiger partial charge in [-0.15, -0.1) is 6.42 Å². The van der Waals surface area contributed by atoms with Gasteiger partial charge in [0.1, 0.15) is 0 Å². The van der Waals surface area contributed by atoms with Crippen LogP contribution in [-0.2, 0) is 0 Å². The molecule has 2 N–H and O–H groups in total. The van der Waals surface area contributed by atoms with Gasteiger partial charge in [-0.1, -0.05) is 5.92 Å². The molecule has 0 saturated heterocycles. The maximum atomic E-state index is 5.27. The number of halogens is 2. The van der Waals surface area contributed by atoms with Crippen LogP contribution in [0.5, 0.6) is 0 Å². The van der Waals surface area contributed by atoms with E-state index in [1.165, 1.54) is 0 Å². The number of hydrogen-bond acceptors (Lipinski definition) is 1. The molecule has 0 spiro atoms. The van der Waals surface area contributed by atoms with Gasteiger partial charge in [0.15, 0.2) is 1.55 Å². The second-order valence-corrected chi connectivity index (χ2v) is 6.23. The first-order chi connectivity index (χ1) is 2.56. The molecule has 0 aromatic carbocycles. The zero-order valence-electron chi connectivity index (χ0n) is 2.91. The Bertz CT molecular complexity index is 75.8. The SMILES string of the molecule is C#CC(N)(I)I. The predicted octanol–water partition coefficient (Wildman–Crippen LogP) is 1.10. The molecule has 0 unspecified atom stereocenters. The first-order valence-electron chi connectivity index (χ1n) is 1.21. The molecular weight excluding hydrogens is 304 g/mol. The number of terminal acetylenes is 1. The Hall–Kier alpha value is 0.980. The van der Waals surface area contributed by atoms with Crippen molar-refractivity contribution in [2.75, 3.05) is 0 Å². The van der Waals surface area contributed by atoms with Crippen molar-refractivity contribution in [3.8, 4) is 12.3 Å². The Morgan fingerprint density at radius 2 is 1.83 bits per heavy atom. The fourth-order valence-electron chi connectivity index (χ4n) is 0. The standard InChI is InChI=1S/C3H3I2N/c1-2-3(4,5)6/h1H,6H2. The van der Waals surface area contributed by atoms with E-state index in [-0.39, 0.29) is 0 Å². The highest BCUT2D eigenvalue weighted by molar-refractivity contribution is 14.2. The minimum absolute atomic E-state index is 0.491. The molecule has 0 radical (unpaired) electrons. The van der Waals surface area contributed by atoms with Crippen LogP contribution in [0, 0.1) is 12.3 Å². The number of rotatable bonds is 0. The van der Waals surface area contributed by atoms with Crippen molar-refractivity contribution in [3.63, 3.8) is 0 Å². The Morgan fingerprint density at radius 1 is 1.67 bits per heavy atom. The summed E-state index contributed by atoms with van der Waals surface area (Å²) < 4.78 is -0.491. The van der Waals surface area contributed by atoms with Gasteiger partial charge in [0.25, 0.3) is 0 Å².